The molecule has 2 rings (SSSR count). The molecule has 0 saturated carbocycles. The average Bonchev–Trinajstić information content (AvgIpc) is 3.01. The first kappa shape index (κ1) is 18.8. The Morgan fingerprint density at radius 2 is 1.96 bits per heavy atom. The van der Waals surface area contributed by atoms with Crippen LogP contribution in [0.2, 0.25) is 0 Å². The maximum atomic E-state index is 12.9. The van der Waals surface area contributed by atoms with Crippen LogP contribution < -0.4 is 9.47 Å². The van der Waals surface area contributed by atoms with Gasteiger partial charge in [0.05, 0.1) is 38.4 Å². The molecule has 1 aromatic carbocycles. The molecule has 25 heavy (non-hydrogen) atoms. The summed E-state index contributed by atoms with van der Waals surface area (Å²) in [4.78, 5) is 18.5. The molecule has 1 heterocycles. The molecule has 1 N–H and O–H groups in total. The van der Waals surface area contributed by atoms with Gasteiger partial charge in [0.2, 0.25) is 0 Å². The number of aliphatic hydroxyl groups is 1. The zero-order valence-corrected chi connectivity index (χ0v) is 14.9. The third-order valence-corrected chi connectivity index (χ3v) is 3.72. The lowest BCUT2D eigenvalue weighted by Gasteiger charge is -2.22. The third-order valence-electron chi connectivity index (χ3n) is 3.72. The number of imidazole rings is 1. The Balaban J connectivity index is 2.25. The molecule has 0 saturated heterocycles. The second-order valence-electron chi connectivity index (χ2n) is 5.47. The minimum atomic E-state index is -0.181. The van der Waals surface area contributed by atoms with Gasteiger partial charge in [-0.2, -0.15) is 0 Å². The van der Waals surface area contributed by atoms with Crippen LogP contribution in [0.3, 0.4) is 0 Å². The summed E-state index contributed by atoms with van der Waals surface area (Å²) >= 11 is 0. The maximum Gasteiger partial charge on any atom is 0.254 e. The van der Waals surface area contributed by atoms with Crippen molar-refractivity contribution in [2.75, 3.05) is 26.4 Å². The van der Waals surface area contributed by atoms with E-state index < -0.39 is 0 Å². The lowest BCUT2D eigenvalue weighted by molar-refractivity contribution is 0.0703. The van der Waals surface area contributed by atoms with Crippen LogP contribution in [0.25, 0.3) is 0 Å². The van der Waals surface area contributed by atoms with Gasteiger partial charge in [-0.25, -0.2) is 4.98 Å². The molecule has 0 spiro atoms. The zero-order chi connectivity index (χ0) is 18.2. The van der Waals surface area contributed by atoms with Crippen LogP contribution in [0.15, 0.2) is 30.7 Å². The Morgan fingerprint density at radius 1 is 1.24 bits per heavy atom. The van der Waals surface area contributed by atoms with Crippen molar-refractivity contribution in [1.29, 1.82) is 0 Å². The van der Waals surface area contributed by atoms with Crippen LogP contribution in [-0.4, -0.2) is 51.8 Å². The van der Waals surface area contributed by atoms with Crippen molar-refractivity contribution in [2.24, 2.45) is 7.05 Å². The van der Waals surface area contributed by atoms with Gasteiger partial charge in [0.25, 0.3) is 5.91 Å². The van der Waals surface area contributed by atoms with E-state index in [0.29, 0.717) is 36.8 Å². The van der Waals surface area contributed by atoms with E-state index in [9.17, 15) is 9.90 Å². The number of rotatable bonds is 9. The highest BCUT2D eigenvalue weighted by molar-refractivity contribution is 5.95. The van der Waals surface area contributed by atoms with Gasteiger partial charge in [0.1, 0.15) is 0 Å². The lowest BCUT2D eigenvalue weighted by atomic mass is 10.1. The predicted octanol–water partition coefficient (Wildman–Crippen LogP) is 1.85. The number of hydrogen-bond donors (Lipinski definition) is 1. The van der Waals surface area contributed by atoms with E-state index in [-0.39, 0.29) is 19.1 Å². The summed E-state index contributed by atoms with van der Waals surface area (Å²) in [5.74, 6) is 0.972. The molecule has 1 aromatic heterocycles. The highest BCUT2D eigenvalue weighted by Gasteiger charge is 2.19. The molecule has 0 aliphatic rings. The van der Waals surface area contributed by atoms with E-state index in [1.54, 1.807) is 35.6 Å². The van der Waals surface area contributed by atoms with E-state index in [2.05, 4.69) is 4.98 Å². The van der Waals surface area contributed by atoms with Gasteiger partial charge in [-0.05, 0) is 32.0 Å². The summed E-state index contributed by atoms with van der Waals surface area (Å²) in [6.45, 7) is 5.27. The van der Waals surface area contributed by atoms with E-state index in [4.69, 9.17) is 9.47 Å². The first-order chi connectivity index (χ1) is 12.1. The van der Waals surface area contributed by atoms with Crippen molar-refractivity contribution in [3.63, 3.8) is 0 Å². The number of ether oxygens (including phenoxy) is 2. The van der Waals surface area contributed by atoms with Crippen molar-refractivity contribution in [3.05, 3.63) is 42.0 Å². The fourth-order valence-electron chi connectivity index (χ4n) is 2.47. The number of aromatic nitrogens is 2. The highest BCUT2D eigenvalue weighted by atomic mass is 16.5. The van der Waals surface area contributed by atoms with Crippen LogP contribution >= 0.6 is 0 Å². The van der Waals surface area contributed by atoms with Gasteiger partial charge in [-0.3, -0.25) is 4.79 Å². The monoisotopic (exact) mass is 347 g/mol. The number of aliphatic hydroxyl groups excluding tert-OH is 1. The summed E-state index contributed by atoms with van der Waals surface area (Å²) in [5, 5.41) is 9.32. The van der Waals surface area contributed by atoms with Gasteiger partial charge in [0, 0.05) is 25.4 Å². The Hall–Kier alpha value is -2.54. The first-order valence-electron chi connectivity index (χ1n) is 8.35. The molecule has 2 aromatic rings. The zero-order valence-electron chi connectivity index (χ0n) is 14.9. The SMILES string of the molecule is CCOc1ccc(C(=O)N(CCO)Cc2cncn2C)cc1OCC. The fraction of sp³-hybridized carbons (Fsp3) is 0.444. The van der Waals surface area contributed by atoms with E-state index in [1.165, 1.54) is 0 Å². The Morgan fingerprint density at radius 3 is 2.56 bits per heavy atom. The molecule has 0 unspecified atom stereocenters. The van der Waals surface area contributed by atoms with Crippen LogP contribution in [0.4, 0.5) is 0 Å². The second kappa shape index (κ2) is 9.08. The minimum Gasteiger partial charge on any atom is -0.490 e. The first-order valence-corrected chi connectivity index (χ1v) is 8.35. The largest absolute Gasteiger partial charge is 0.490 e. The third kappa shape index (κ3) is 4.73. The van der Waals surface area contributed by atoms with Gasteiger partial charge in [-0.15, -0.1) is 0 Å². The molecule has 136 valence electrons. The molecule has 0 fully saturated rings. The molecular weight excluding hydrogens is 322 g/mol. The Bertz CT molecular complexity index is 699. The molecular formula is C18H25N3O4. The molecule has 0 atom stereocenters. The number of benzene rings is 1. The van der Waals surface area contributed by atoms with Crippen molar-refractivity contribution in [2.45, 2.75) is 20.4 Å². The van der Waals surface area contributed by atoms with Crippen molar-refractivity contribution < 1.29 is 19.4 Å². The summed E-state index contributed by atoms with van der Waals surface area (Å²) in [6, 6.07) is 5.14. The van der Waals surface area contributed by atoms with E-state index in [1.807, 2.05) is 25.5 Å². The molecule has 7 nitrogen and oxygen atoms in total. The fourth-order valence-corrected chi connectivity index (χ4v) is 2.47. The summed E-state index contributed by atoms with van der Waals surface area (Å²) < 4.78 is 13.0. The van der Waals surface area contributed by atoms with E-state index in [0.717, 1.165) is 5.69 Å². The highest BCUT2D eigenvalue weighted by Crippen LogP contribution is 2.29. The summed E-state index contributed by atoms with van der Waals surface area (Å²) in [5.41, 5.74) is 1.38. The van der Waals surface area contributed by atoms with Crippen molar-refractivity contribution >= 4 is 5.91 Å². The number of carbonyl (C=O) groups excluding carboxylic acids is 1. The standard InChI is InChI=1S/C18H25N3O4/c1-4-24-16-7-6-14(10-17(16)25-5-2)18(23)21(8-9-22)12-15-11-19-13-20(15)3/h6-7,10-11,13,22H,4-5,8-9,12H2,1-3H3. The second-order valence-corrected chi connectivity index (χ2v) is 5.47. The predicted molar refractivity (Wildman–Crippen MR) is 93.8 cm³/mol. The number of nitrogens with zero attached hydrogens (tertiary/aromatic N) is 3. The summed E-state index contributed by atoms with van der Waals surface area (Å²) in [6.07, 6.45) is 3.39. The molecule has 7 heteroatoms. The lowest BCUT2D eigenvalue weighted by Crippen LogP contribution is -2.33. The van der Waals surface area contributed by atoms with Crippen LogP contribution in [0.1, 0.15) is 29.9 Å². The van der Waals surface area contributed by atoms with E-state index >= 15 is 0 Å². The van der Waals surface area contributed by atoms with Crippen molar-refractivity contribution in [3.8, 4) is 11.5 Å². The van der Waals surface area contributed by atoms with Crippen molar-refractivity contribution in [1.82, 2.24) is 14.5 Å². The Kier molecular flexibility index (Phi) is 6.82. The maximum absolute atomic E-state index is 12.9. The Labute approximate surface area is 147 Å². The van der Waals surface area contributed by atoms with Crippen LogP contribution in [-0.2, 0) is 13.6 Å². The van der Waals surface area contributed by atoms with Gasteiger partial charge in [-0.1, -0.05) is 0 Å². The smallest absolute Gasteiger partial charge is 0.254 e. The van der Waals surface area contributed by atoms with Crippen LogP contribution in [0.5, 0.6) is 11.5 Å². The number of carbonyl (C=O) groups is 1. The van der Waals surface area contributed by atoms with Gasteiger partial charge >= 0.3 is 0 Å². The normalized spacial score (nSPS) is 10.6. The average molecular weight is 347 g/mol. The van der Waals surface area contributed by atoms with Crippen LogP contribution in [0, 0.1) is 0 Å². The molecule has 1 amide bonds. The minimum absolute atomic E-state index is 0.112. The summed E-state index contributed by atoms with van der Waals surface area (Å²) in [7, 11) is 1.87. The number of amides is 1. The number of aryl methyl sites for hydroxylation is 1. The topological polar surface area (TPSA) is 76.8 Å². The van der Waals surface area contributed by atoms with Gasteiger partial charge < -0.3 is 24.0 Å². The van der Waals surface area contributed by atoms with Gasteiger partial charge in [0.15, 0.2) is 11.5 Å². The molecule has 0 bridgehead atoms. The quantitative estimate of drug-likeness (QED) is 0.749. The molecule has 0 aliphatic carbocycles. The molecule has 0 radical (unpaired) electrons. The number of hydrogen-bond acceptors (Lipinski definition) is 5. The molecule has 0 aliphatic heterocycles.